The van der Waals surface area contributed by atoms with E-state index >= 15 is 0 Å². The fourth-order valence-electron chi connectivity index (χ4n) is 3.49. The van der Waals surface area contributed by atoms with Crippen LogP contribution in [0, 0.1) is 0 Å². The molecule has 0 amide bonds. The molecule has 3 nitrogen and oxygen atoms in total. The first-order valence-electron chi connectivity index (χ1n) is 7.39. The molecule has 0 aliphatic carbocycles. The average molecular weight is 279 g/mol. The van der Waals surface area contributed by atoms with E-state index in [1.807, 2.05) is 0 Å². The summed E-state index contributed by atoms with van der Waals surface area (Å²) in [6, 6.07) is 1.83. The Hall–Kier alpha value is -0.450. The molecule has 2 N–H and O–H groups in total. The van der Waals surface area contributed by atoms with Gasteiger partial charge >= 0.3 is 0 Å². The number of nitrogens with two attached hydrogens (primary N) is 1. The van der Waals surface area contributed by atoms with Gasteiger partial charge in [0.25, 0.3) is 0 Å². The summed E-state index contributed by atoms with van der Waals surface area (Å²) >= 11 is 1.81. The normalized spacial score (nSPS) is 31.9. The molecule has 1 aromatic heterocycles. The molecule has 3 heterocycles. The van der Waals surface area contributed by atoms with E-state index in [-0.39, 0.29) is 5.41 Å². The predicted octanol–water partition coefficient (Wildman–Crippen LogP) is 2.89. The summed E-state index contributed by atoms with van der Waals surface area (Å²) < 4.78 is 0. The van der Waals surface area contributed by atoms with Crippen molar-refractivity contribution >= 4 is 11.3 Å². The molecular weight excluding hydrogens is 254 g/mol. The molecule has 0 spiro atoms. The fourth-order valence-corrected chi connectivity index (χ4v) is 4.38. The third kappa shape index (κ3) is 2.71. The lowest BCUT2D eigenvalue weighted by Gasteiger charge is -2.37. The van der Waals surface area contributed by atoms with E-state index in [9.17, 15) is 0 Å². The zero-order valence-corrected chi connectivity index (χ0v) is 13.0. The van der Waals surface area contributed by atoms with Crippen molar-refractivity contribution in [3.05, 3.63) is 16.1 Å². The average Bonchev–Trinajstić information content (AvgIpc) is 2.85. The molecule has 2 unspecified atom stereocenters. The quantitative estimate of drug-likeness (QED) is 0.905. The van der Waals surface area contributed by atoms with Gasteiger partial charge in [0.05, 0.1) is 10.7 Å². The molecule has 0 radical (unpaired) electrons. The maximum absolute atomic E-state index is 6.13. The Morgan fingerprint density at radius 2 is 1.95 bits per heavy atom. The van der Waals surface area contributed by atoms with Crippen LogP contribution in [-0.4, -0.2) is 28.0 Å². The van der Waals surface area contributed by atoms with Gasteiger partial charge in [-0.3, -0.25) is 4.90 Å². The topological polar surface area (TPSA) is 42.2 Å². The summed E-state index contributed by atoms with van der Waals surface area (Å²) in [5.74, 6) is 0. The highest BCUT2D eigenvalue weighted by molar-refractivity contribution is 7.09. The van der Waals surface area contributed by atoms with Gasteiger partial charge in [-0.1, -0.05) is 20.8 Å². The van der Waals surface area contributed by atoms with E-state index in [1.54, 1.807) is 11.3 Å². The third-order valence-electron chi connectivity index (χ3n) is 4.46. The van der Waals surface area contributed by atoms with Gasteiger partial charge in [-0.25, -0.2) is 4.98 Å². The van der Waals surface area contributed by atoms with Crippen molar-refractivity contribution in [3.8, 4) is 0 Å². The summed E-state index contributed by atoms with van der Waals surface area (Å²) in [6.45, 7) is 7.73. The lowest BCUT2D eigenvalue weighted by Crippen LogP contribution is -2.46. The van der Waals surface area contributed by atoms with Gasteiger partial charge < -0.3 is 5.73 Å². The largest absolute Gasteiger partial charge is 0.328 e. The van der Waals surface area contributed by atoms with Crippen molar-refractivity contribution in [2.45, 2.75) is 76.5 Å². The van der Waals surface area contributed by atoms with Crippen molar-refractivity contribution in [1.82, 2.24) is 9.88 Å². The van der Waals surface area contributed by atoms with Crippen LogP contribution in [0.25, 0.3) is 0 Å². The van der Waals surface area contributed by atoms with E-state index < -0.39 is 0 Å². The van der Waals surface area contributed by atoms with Gasteiger partial charge in [0, 0.05) is 35.5 Å². The number of hydrogen-bond acceptors (Lipinski definition) is 4. The van der Waals surface area contributed by atoms with E-state index in [0.717, 1.165) is 6.54 Å². The van der Waals surface area contributed by atoms with Crippen molar-refractivity contribution < 1.29 is 0 Å². The maximum atomic E-state index is 6.13. The lowest BCUT2D eigenvalue weighted by molar-refractivity contribution is 0.118. The van der Waals surface area contributed by atoms with Crippen molar-refractivity contribution in [1.29, 1.82) is 0 Å². The Bertz CT molecular complexity index is 434. The molecular formula is C15H25N3S. The molecule has 1 aromatic rings. The number of piperidine rings is 1. The van der Waals surface area contributed by atoms with E-state index in [2.05, 4.69) is 31.1 Å². The summed E-state index contributed by atoms with van der Waals surface area (Å²) in [6.07, 6.45) is 5.00. The second-order valence-corrected chi connectivity index (χ2v) is 8.04. The first-order chi connectivity index (χ1) is 8.93. The Kier molecular flexibility index (Phi) is 3.44. The van der Waals surface area contributed by atoms with Crippen LogP contribution in [0.1, 0.15) is 57.2 Å². The minimum absolute atomic E-state index is 0.173. The molecule has 2 aliphatic rings. The molecule has 106 valence electrons. The SMILES string of the molecule is CC(C)(C)c1nc(CN2C3CCC2CC(N)C3)cs1. The zero-order chi connectivity index (χ0) is 13.6. The van der Waals surface area contributed by atoms with E-state index in [1.165, 1.54) is 36.4 Å². The second kappa shape index (κ2) is 4.83. The number of aromatic nitrogens is 1. The smallest absolute Gasteiger partial charge is 0.0982 e. The Balaban J connectivity index is 1.71. The van der Waals surface area contributed by atoms with Crippen molar-refractivity contribution in [3.63, 3.8) is 0 Å². The highest BCUT2D eigenvalue weighted by Crippen LogP contribution is 2.36. The van der Waals surface area contributed by atoms with Crippen LogP contribution in [0.3, 0.4) is 0 Å². The van der Waals surface area contributed by atoms with Crippen LogP contribution in [-0.2, 0) is 12.0 Å². The van der Waals surface area contributed by atoms with Crippen LogP contribution in [0.4, 0.5) is 0 Å². The van der Waals surface area contributed by atoms with Gasteiger partial charge in [-0.2, -0.15) is 0 Å². The molecule has 2 fully saturated rings. The summed E-state index contributed by atoms with van der Waals surface area (Å²) in [4.78, 5) is 7.49. The van der Waals surface area contributed by atoms with Gasteiger partial charge in [0.2, 0.25) is 0 Å². The van der Waals surface area contributed by atoms with Gasteiger partial charge in [-0.15, -0.1) is 11.3 Å². The van der Waals surface area contributed by atoms with Gasteiger partial charge in [-0.05, 0) is 25.7 Å². The second-order valence-electron chi connectivity index (χ2n) is 7.18. The molecule has 2 saturated heterocycles. The molecule has 2 bridgehead atoms. The molecule has 4 heteroatoms. The summed E-state index contributed by atoms with van der Waals surface area (Å²) in [5.41, 5.74) is 7.56. The van der Waals surface area contributed by atoms with Crippen LogP contribution >= 0.6 is 11.3 Å². The van der Waals surface area contributed by atoms with E-state index in [0.29, 0.717) is 18.1 Å². The lowest BCUT2D eigenvalue weighted by atomic mass is 9.97. The standard InChI is InChI=1S/C15H25N3S/c1-15(2,3)14-17-11(9-19-14)8-18-12-4-5-13(18)7-10(16)6-12/h9-10,12-13H,4-8,16H2,1-3H3. The molecule has 2 aliphatic heterocycles. The van der Waals surface area contributed by atoms with Crippen LogP contribution in [0.15, 0.2) is 5.38 Å². The fraction of sp³-hybridized carbons (Fsp3) is 0.800. The molecule has 19 heavy (non-hydrogen) atoms. The van der Waals surface area contributed by atoms with Crippen molar-refractivity contribution in [2.24, 2.45) is 5.73 Å². The van der Waals surface area contributed by atoms with Crippen LogP contribution in [0.2, 0.25) is 0 Å². The van der Waals surface area contributed by atoms with Crippen molar-refractivity contribution in [2.75, 3.05) is 0 Å². The monoisotopic (exact) mass is 279 g/mol. The number of hydrogen-bond donors (Lipinski definition) is 1. The number of nitrogens with zero attached hydrogens (tertiary/aromatic N) is 2. The summed E-state index contributed by atoms with van der Waals surface area (Å²) in [5, 5.41) is 3.50. The minimum Gasteiger partial charge on any atom is -0.328 e. The van der Waals surface area contributed by atoms with Crippen LogP contribution in [0.5, 0.6) is 0 Å². The summed E-state index contributed by atoms with van der Waals surface area (Å²) in [7, 11) is 0. The highest BCUT2D eigenvalue weighted by atomic mass is 32.1. The van der Waals surface area contributed by atoms with Crippen LogP contribution < -0.4 is 5.73 Å². The zero-order valence-electron chi connectivity index (χ0n) is 12.2. The highest BCUT2D eigenvalue weighted by Gasteiger charge is 2.39. The number of rotatable bonds is 2. The number of fused-ring (bicyclic) bond motifs is 2. The first-order valence-corrected chi connectivity index (χ1v) is 8.27. The first kappa shape index (κ1) is 13.5. The Morgan fingerprint density at radius 3 is 2.47 bits per heavy atom. The molecule has 0 aromatic carbocycles. The molecule has 3 rings (SSSR count). The minimum atomic E-state index is 0.173. The molecule has 0 saturated carbocycles. The predicted molar refractivity (Wildman–Crippen MR) is 80.4 cm³/mol. The Labute approximate surface area is 120 Å². The molecule has 2 atom stereocenters. The van der Waals surface area contributed by atoms with Gasteiger partial charge in [0.1, 0.15) is 0 Å². The van der Waals surface area contributed by atoms with Gasteiger partial charge in [0.15, 0.2) is 0 Å². The maximum Gasteiger partial charge on any atom is 0.0982 e. The third-order valence-corrected chi connectivity index (χ3v) is 5.78. The number of thiazole rings is 1. The Morgan fingerprint density at radius 1 is 1.32 bits per heavy atom. The van der Waals surface area contributed by atoms with E-state index in [4.69, 9.17) is 10.7 Å².